The molecule has 0 radical (unpaired) electrons. The highest BCUT2D eigenvalue weighted by molar-refractivity contribution is 5.93. The van der Waals surface area contributed by atoms with E-state index < -0.39 is 0 Å². The fourth-order valence-electron chi connectivity index (χ4n) is 2.93. The molecular formula is C18H24N4O2. The van der Waals surface area contributed by atoms with Crippen LogP contribution in [0.25, 0.3) is 0 Å². The molecule has 1 aromatic heterocycles. The molecule has 2 heterocycles. The first-order chi connectivity index (χ1) is 11.6. The third kappa shape index (κ3) is 4.35. The van der Waals surface area contributed by atoms with E-state index in [1.54, 1.807) is 0 Å². The molecule has 1 amide bonds. The van der Waals surface area contributed by atoms with Crippen molar-refractivity contribution >= 4 is 11.6 Å². The smallest absolute Gasteiger partial charge is 0.224 e. The summed E-state index contributed by atoms with van der Waals surface area (Å²) in [6, 6.07) is 6.22. The minimum atomic E-state index is 0.0861. The van der Waals surface area contributed by atoms with Crippen LogP contribution < -0.4 is 15.4 Å². The number of hydrogen-bond acceptors (Lipinski definition) is 4. The zero-order valence-electron chi connectivity index (χ0n) is 14.2. The standard InChI is InChI=1S/C18H24N4O2/c1-13(9-14-11-20-22(2)12-14)19-7-8-24-16-4-5-17-15(10-16)3-6-18(23)21-17/h4-5,10-13,19H,3,6-9H2,1-2H3,(H,21,23). The van der Waals surface area contributed by atoms with Crippen molar-refractivity contribution in [2.75, 3.05) is 18.5 Å². The van der Waals surface area contributed by atoms with Gasteiger partial charge in [0.05, 0.1) is 6.20 Å². The maximum atomic E-state index is 11.4. The van der Waals surface area contributed by atoms with Crippen LogP contribution in [-0.4, -0.2) is 34.9 Å². The van der Waals surface area contributed by atoms with Gasteiger partial charge in [-0.05, 0) is 49.1 Å². The van der Waals surface area contributed by atoms with Gasteiger partial charge in [-0.25, -0.2) is 0 Å². The normalized spacial score (nSPS) is 14.8. The molecule has 6 heteroatoms. The van der Waals surface area contributed by atoms with E-state index in [-0.39, 0.29) is 5.91 Å². The molecule has 0 spiro atoms. The molecule has 6 nitrogen and oxygen atoms in total. The van der Waals surface area contributed by atoms with E-state index in [9.17, 15) is 4.79 Å². The number of carbonyl (C=O) groups excluding carboxylic acids is 1. The molecule has 0 saturated heterocycles. The summed E-state index contributed by atoms with van der Waals surface area (Å²) in [5.41, 5.74) is 3.28. The number of ether oxygens (including phenoxy) is 1. The maximum Gasteiger partial charge on any atom is 0.224 e. The molecule has 1 atom stereocenters. The van der Waals surface area contributed by atoms with Crippen molar-refractivity contribution in [1.82, 2.24) is 15.1 Å². The Morgan fingerprint density at radius 2 is 2.29 bits per heavy atom. The Balaban J connectivity index is 1.41. The third-order valence-electron chi connectivity index (χ3n) is 4.14. The topological polar surface area (TPSA) is 68.2 Å². The minimum Gasteiger partial charge on any atom is -0.492 e. The van der Waals surface area contributed by atoms with Gasteiger partial charge < -0.3 is 15.4 Å². The van der Waals surface area contributed by atoms with Gasteiger partial charge in [-0.1, -0.05) is 0 Å². The Labute approximate surface area is 142 Å². The monoisotopic (exact) mass is 328 g/mol. The van der Waals surface area contributed by atoms with Crippen LogP contribution >= 0.6 is 0 Å². The number of carbonyl (C=O) groups is 1. The number of aryl methyl sites for hydroxylation is 2. The summed E-state index contributed by atoms with van der Waals surface area (Å²) in [6.07, 6.45) is 6.22. The Kier molecular flexibility index (Phi) is 5.15. The largest absolute Gasteiger partial charge is 0.492 e. The van der Waals surface area contributed by atoms with Crippen molar-refractivity contribution in [3.05, 3.63) is 41.7 Å². The molecule has 0 fully saturated rings. The van der Waals surface area contributed by atoms with Gasteiger partial charge in [0, 0.05) is 37.9 Å². The number of amides is 1. The highest BCUT2D eigenvalue weighted by atomic mass is 16.5. The molecule has 1 aromatic carbocycles. The van der Waals surface area contributed by atoms with Crippen molar-refractivity contribution in [2.45, 2.75) is 32.2 Å². The molecule has 3 rings (SSSR count). The number of benzene rings is 1. The van der Waals surface area contributed by atoms with Gasteiger partial charge >= 0.3 is 0 Å². The van der Waals surface area contributed by atoms with E-state index in [4.69, 9.17) is 4.74 Å². The SMILES string of the molecule is CC(Cc1cnn(C)c1)NCCOc1ccc2c(c1)CCC(=O)N2. The van der Waals surface area contributed by atoms with Crippen molar-refractivity contribution in [3.8, 4) is 5.75 Å². The highest BCUT2D eigenvalue weighted by Gasteiger charge is 2.15. The first-order valence-corrected chi connectivity index (χ1v) is 8.36. The molecule has 0 aliphatic carbocycles. The summed E-state index contributed by atoms with van der Waals surface area (Å²) in [7, 11) is 1.93. The van der Waals surface area contributed by atoms with E-state index in [1.165, 1.54) is 5.56 Å². The van der Waals surface area contributed by atoms with Crippen LogP contribution in [0.3, 0.4) is 0 Å². The van der Waals surface area contributed by atoms with Gasteiger partial charge in [-0.2, -0.15) is 5.10 Å². The van der Waals surface area contributed by atoms with Crippen molar-refractivity contribution < 1.29 is 9.53 Å². The zero-order chi connectivity index (χ0) is 16.9. The molecule has 0 saturated carbocycles. The predicted molar refractivity (Wildman–Crippen MR) is 93.3 cm³/mol. The molecule has 128 valence electrons. The second-order valence-electron chi connectivity index (χ2n) is 6.30. The Hall–Kier alpha value is -2.34. The molecule has 1 unspecified atom stereocenters. The minimum absolute atomic E-state index is 0.0861. The van der Waals surface area contributed by atoms with Gasteiger partial charge in [-0.3, -0.25) is 9.48 Å². The van der Waals surface area contributed by atoms with Crippen molar-refractivity contribution in [3.63, 3.8) is 0 Å². The lowest BCUT2D eigenvalue weighted by Crippen LogP contribution is -2.31. The number of aromatic nitrogens is 2. The number of fused-ring (bicyclic) bond motifs is 1. The highest BCUT2D eigenvalue weighted by Crippen LogP contribution is 2.26. The van der Waals surface area contributed by atoms with Gasteiger partial charge in [0.15, 0.2) is 0 Å². The molecule has 24 heavy (non-hydrogen) atoms. The van der Waals surface area contributed by atoms with Crippen LogP contribution in [0.5, 0.6) is 5.75 Å². The fraction of sp³-hybridized carbons (Fsp3) is 0.444. The lowest BCUT2D eigenvalue weighted by atomic mass is 10.0. The Morgan fingerprint density at radius 3 is 3.08 bits per heavy atom. The second kappa shape index (κ2) is 7.49. The molecular weight excluding hydrogens is 304 g/mol. The summed E-state index contributed by atoms with van der Waals surface area (Å²) in [4.78, 5) is 11.4. The van der Waals surface area contributed by atoms with Gasteiger partial charge in [0.2, 0.25) is 5.91 Å². The average molecular weight is 328 g/mol. The predicted octanol–water partition coefficient (Wildman–Crippen LogP) is 1.90. The van der Waals surface area contributed by atoms with Crippen LogP contribution in [-0.2, 0) is 24.7 Å². The van der Waals surface area contributed by atoms with E-state index in [2.05, 4.69) is 22.7 Å². The molecule has 1 aliphatic heterocycles. The van der Waals surface area contributed by atoms with Gasteiger partial charge in [-0.15, -0.1) is 0 Å². The van der Waals surface area contributed by atoms with Gasteiger partial charge in [0.25, 0.3) is 0 Å². The number of hydrogen-bond donors (Lipinski definition) is 2. The Morgan fingerprint density at radius 1 is 1.42 bits per heavy atom. The maximum absolute atomic E-state index is 11.4. The number of anilines is 1. The van der Waals surface area contributed by atoms with Crippen LogP contribution in [0.1, 0.15) is 24.5 Å². The van der Waals surface area contributed by atoms with Crippen molar-refractivity contribution in [2.24, 2.45) is 7.05 Å². The molecule has 2 aromatic rings. The van der Waals surface area contributed by atoms with E-state index in [0.29, 0.717) is 19.1 Å². The van der Waals surface area contributed by atoms with Crippen molar-refractivity contribution in [1.29, 1.82) is 0 Å². The van der Waals surface area contributed by atoms with E-state index in [0.717, 1.165) is 36.4 Å². The second-order valence-corrected chi connectivity index (χ2v) is 6.30. The van der Waals surface area contributed by atoms with Gasteiger partial charge in [0.1, 0.15) is 12.4 Å². The molecule has 0 bridgehead atoms. The summed E-state index contributed by atoms with van der Waals surface area (Å²) in [5.74, 6) is 0.939. The lowest BCUT2D eigenvalue weighted by molar-refractivity contribution is -0.116. The van der Waals surface area contributed by atoms with Crippen LogP contribution in [0.2, 0.25) is 0 Å². The Bertz CT molecular complexity index is 711. The summed E-state index contributed by atoms with van der Waals surface area (Å²) < 4.78 is 7.64. The number of nitrogens with zero attached hydrogens (tertiary/aromatic N) is 2. The van der Waals surface area contributed by atoms with Crippen LogP contribution in [0.15, 0.2) is 30.6 Å². The first-order valence-electron chi connectivity index (χ1n) is 8.36. The zero-order valence-corrected chi connectivity index (χ0v) is 14.2. The fourth-order valence-corrected chi connectivity index (χ4v) is 2.93. The van der Waals surface area contributed by atoms with Crippen LogP contribution in [0, 0.1) is 0 Å². The summed E-state index contributed by atoms with van der Waals surface area (Å²) in [6.45, 7) is 3.56. The number of rotatable bonds is 7. The van der Waals surface area contributed by atoms with E-state index in [1.807, 2.05) is 42.3 Å². The lowest BCUT2D eigenvalue weighted by Gasteiger charge is -2.18. The number of nitrogens with one attached hydrogen (secondary N) is 2. The third-order valence-corrected chi connectivity index (χ3v) is 4.14. The summed E-state index contributed by atoms with van der Waals surface area (Å²) in [5, 5.41) is 10.5. The van der Waals surface area contributed by atoms with E-state index >= 15 is 0 Å². The van der Waals surface area contributed by atoms with Crippen LogP contribution in [0.4, 0.5) is 5.69 Å². The first kappa shape index (κ1) is 16.5. The molecule has 2 N–H and O–H groups in total. The summed E-state index contributed by atoms with van der Waals surface area (Å²) >= 11 is 0. The quantitative estimate of drug-likeness (QED) is 0.762. The average Bonchev–Trinajstić information content (AvgIpc) is 2.96. The molecule has 1 aliphatic rings.